The summed E-state index contributed by atoms with van der Waals surface area (Å²) >= 11 is 0. The first kappa shape index (κ1) is 8.17. The van der Waals surface area contributed by atoms with Crippen molar-refractivity contribution in [2.24, 2.45) is 0 Å². The summed E-state index contributed by atoms with van der Waals surface area (Å²) in [4.78, 5) is 15.2. The molecule has 0 spiro atoms. The lowest BCUT2D eigenvalue weighted by atomic mass is 10.2. The third kappa shape index (κ3) is 1.13. The third-order valence-corrected chi connectivity index (χ3v) is 2.52. The topological polar surface area (TPSA) is 38.8 Å². The molecule has 15 heavy (non-hydrogen) atoms. The summed E-state index contributed by atoms with van der Waals surface area (Å²) in [5.74, 6) is 0. The molecule has 0 aliphatic rings. The number of nitrogens with one attached hydrogen (secondary N) is 1. The Morgan fingerprint density at radius 3 is 1.80 bits per heavy atom. The highest BCUT2D eigenvalue weighted by Crippen LogP contribution is 2.11. The van der Waals surface area contributed by atoms with Crippen LogP contribution in [0, 0.1) is 4.91 Å². The molecule has 0 atom stereocenters. The zero-order valence-electron chi connectivity index (χ0n) is 7.97. The van der Waals surface area contributed by atoms with Crippen molar-refractivity contribution in [1.29, 1.82) is 0 Å². The van der Waals surface area contributed by atoms with E-state index in [1.54, 1.807) is 0 Å². The average Bonchev–Trinajstić information content (AvgIpc) is 2.30. The maximum absolute atomic E-state index is 12.0. The Morgan fingerprint density at radius 1 is 0.800 bits per heavy atom. The molecule has 0 aliphatic heterocycles. The van der Waals surface area contributed by atoms with Gasteiger partial charge in [0.15, 0.2) is 0 Å². The summed E-state index contributed by atoms with van der Waals surface area (Å²) in [5, 5.41) is 0. The lowest BCUT2D eigenvalue weighted by Gasteiger charge is -1.93. The van der Waals surface area contributed by atoms with E-state index in [0.717, 1.165) is 15.5 Å². The molecular formula is C12H9N2O+. The second-order valence-corrected chi connectivity index (χ2v) is 3.45. The molecule has 0 saturated heterocycles. The van der Waals surface area contributed by atoms with Gasteiger partial charge in [-0.05, 0) is 12.1 Å². The zero-order valence-corrected chi connectivity index (χ0v) is 7.97. The lowest BCUT2D eigenvalue weighted by Crippen LogP contribution is -2.16. The van der Waals surface area contributed by atoms with Gasteiger partial charge in [0.25, 0.3) is 11.0 Å². The smallest absolute Gasteiger partial charge is 0.286 e. The van der Waals surface area contributed by atoms with Crippen LogP contribution >= 0.6 is 0 Å². The number of para-hydroxylation sites is 4. The van der Waals surface area contributed by atoms with Gasteiger partial charge in [0.05, 0.1) is 4.43 Å². The Morgan fingerprint density at radius 2 is 1.27 bits per heavy atom. The summed E-state index contributed by atoms with van der Waals surface area (Å²) in [6, 6.07) is 15.0. The monoisotopic (exact) mass is 197 g/mol. The molecule has 0 saturated carbocycles. The van der Waals surface area contributed by atoms with Crippen LogP contribution in [0.4, 0.5) is 0 Å². The molecule has 0 amide bonds. The number of H-pyrrole nitrogens is 1. The van der Waals surface area contributed by atoms with Crippen molar-refractivity contribution < 1.29 is 4.43 Å². The van der Waals surface area contributed by atoms with Crippen LogP contribution in [0.15, 0.2) is 48.5 Å². The van der Waals surface area contributed by atoms with Crippen molar-refractivity contribution in [3.63, 3.8) is 0 Å². The molecule has 1 heterocycles. The van der Waals surface area contributed by atoms with Crippen molar-refractivity contribution >= 4 is 22.1 Å². The molecule has 3 aromatic rings. The Labute approximate surface area is 85.6 Å². The normalized spacial score (nSPS) is 10.9. The summed E-state index contributed by atoms with van der Waals surface area (Å²) in [6.45, 7) is 0. The highest BCUT2D eigenvalue weighted by molar-refractivity contribution is 5.80. The largest absolute Gasteiger partial charge is 0.344 e. The molecule has 3 heteroatoms. The molecule has 0 radical (unpaired) electrons. The lowest BCUT2D eigenvalue weighted by molar-refractivity contribution is -0.432. The number of benzene rings is 2. The van der Waals surface area contributed by atoms with E-state index in [4.69, 9.17) is 0 Å². The first-order chi connectivity index (χ1) is 7.36. The zero-order chi connectivity index (χ0) is 10.3. The molecule has 1 N–H and O–H groups in total. The van der Waals surface area contributed by atoms with Crippen molar-refractivity contribution in [2.45, 2.75) is 0 Å². The Balaban J connectivity index is 2.66. The van der Waals surface area contributed by atoms with Gasteiger partial charge in [0.1, 0.15) is 11.0 Å². The first-order valence-corrected chi connectivity index (χ1v) is 4.78. The van der Waals surface area contributed by atoms with Gasteiger partial charge in [-0.25, -0.2) is 0 Å². The van der Waals surface area contributed by atoms with E-state index in [1.165, 1.54) is 0 Å². The number of hydrogen-bond acceptors (Lipinski definition) is 1. The fraction of sp³-hybridized carbons (Fsp3) is 0. The maximum atomic E-state index is 12.0. The van der Waals surface area contributed by atoms with E-state index in [0.29, 0.717) is 11.0 Å². The molecule has 0 fully saturated rings. The summed E-state index contributed by atoms with van der Waals surface area (Å²) in [5.41, 5.74) is 3.03. The van der Waals surface area contributed by atoms with Crippen LogP contribution in [0.2, 0.25) is 0 Å². The Kier molecular flexibility index (Phi) is 1.59. The van der Waals surface area contributed by atoms with Crippen LogP contribution < -0.4 is 4.43 Å². The molecule has 3 nitrogen and oxygen atoms in total. The fourth-order valence-corrected chi connectivity index (χ4v) is 1.79. The predicted octanol–water partition coefficient (Wildman–Crippen LogP) is 2.24. The minimum Gasteiger partial charge on any atom is -0.344 e. The van der Waals surface area contributed by atoms with E-state index in [9.17, 15) is 4.91 Å². The highest BCUT2D eigenvalue weighted by atomic mass is 16.3. The van der Waals surface area contributed by atoms with Crippen molar-refractivity contribution in [3.8, 4) is 0 Å². The number of aromatic amines is 1. The van der Waals surface area contributed by atoms with E-state index in [2.05, 4.69) is 4.98 Å². The fourth-order valence-electron chi connectivity index (χ4n) is 1.79. The van der Waals surface area contributed by atoms with Gasteiger partial charge < -0.3 is 4.98 Å². The maximum Gasteiger partial charge on any atom is 0.286 e. The molecule has 0 bridgehead atoms. The van der Waals surface area contributed by atoms with Crippen LogP contribution in [-0.4, -0.2) is 4.98 Å². The highest BCUT2D eigenvalue weighted by Gasteiger charge is 2.11. The number of aromatic nitrogens is 2. The van der Waals surface area contributed by atoms with Gasteiger partial charge in [0, 0.05) is 17.0 Å². The van der Waals surface area contributed by atoms with Crippen molar-refractivity contribution in [1.82, 2.24) is 4.98 Å². The van der Waals surface area contributed by atoms with Gasteiger partial charge in [-0.2, -0.15) is 0 Å². The van der Waals surface area contributed by atoms with Gasteiger partial charge in [-0.1, -0.05) is 24.3 Å². The molecular weight excluding hydrogens is 188 g/mol. The van der Waals surface area contributed by atoms with E-state index < -0.39 is 0 Å². The van der Waals surface area contributed by atoms with Gasteiger partial charge in [0.2, 0.25) is 0 Å². The quantitative estimate of drug-likeness (QED) is 0.435. The average molecular weight is 197 g/mol. The summed E-state index contributed by atoms with van der Waals surface area (Å²) < 4.78 is 0.959. The van der Waals surface area contributed by atoms with E-state index in [1.807, 2.05) is 48.5 Å². The molecule has 3 rings (SSSR count). The SMILES string of the molecule is O=[n+]1c2ccccc2[nH]c2ccccc21. The predicted molar refractivity (Wildman–Crippen MR) is 59.2 cm³/mol. The standard InChI is InChI=1S/C12H9N2O/c15-14-11-7-3-1-5-9(11)13-10-6-2-4-8-12(10)14/h1-8H,(H,13,15)/q+1. The van der Waals surface area contributed by atoms with Crippen LogP contribution in [0.3, 0.4) is 0 Å². The summed E-state index contributed by atoms with van der Waals surface area (Å²) in [6.07, 6.45) is 0. The number of nitrogens with zero attached hydrogens (tertiary/aromatic N) is 1. The van der Waals surface area contributed by atoms with Crippen LogP contribution in [0.5, 0.6) is 0 Å². The minimum atomic E-state index is 0.663. The molecule has 0 unspecified atom stereocenters. The van der Waals surface area contributed by atoms with Crippen molar-refractivity contribution in [3.05, 3.63) is 53.4 Å². The molecule has 2 aromatic carbocycles. The molecule has 0 aliphatic carbocycles. The number of rotatable bonds is 0. The molecule has 72 valence electrons. The second-order valence-electron chi connectivity index (χ2n) is 3.45. The Hall–Kier alpha value is -2.16. The van der Waals surface area contributed by atoms with Crippen LogP contribution in [-0.2, 0) is 0 Å². The first-order valence-electron chi connectivity index (χ1n) is 4.78. The second kappa shape index (κ2) is 2.92. The van der Waals surface area contributed by atoms with E-state index >= 15 is 0 Å². The van der Waals surface area contributed by atoms with Crippen LogP contribution in [0.25, 0.3) is 22.1 Å². The van der Waals surface area contributed by atoms with Crippen LogP contribution in [0.1, 0.15) is 0 Å². The van der Waals surface area contributed by atoms with E-state index in [-0.39, 0.29) is 0 Å². The van der Waals surface area contributed by atoms with Gasteiger partial charge in [-0.3, -0.25) is 0 Å². The van der Waals surface area contributed by atoms with Crippen molar-refractivity contribution in [2.75, 3.05) is 0 Å². The third-order valence-electron chi connectivity index (χ3n) is 2.52. The minimum absolute atomic E-state index is 0.663. The van der Waals surface area contributed by atoms with Gasteiger partial charge >= 0.3 is 0 Å². The van der Waals surface area contributed by atoms with Gasteiger partial charge in [-0.15, -0.1) is 0 Å². The number of hydrogen-bond donors (Lipinski definition) is 1. The number of fused-ring (bicyclic) bond motifs is 2. The summed E-state index contributed by atoms with van der Waals surface area (Å²) in [7, 11) is 0. The Bertz CT molecular complexity index is 643. The molecule has 1 aromatic heterocycles.